The molecular weight excluding hydrogens is 322 g/mol. The van der Waals surface area contributed by atoms with E-state index in [1.807, 2.05) is 32.9 Å². The van der Waals surface area contributed by atoms with Crippen LogP contribution in [0.25, 0.3) is 0 Å². The fraction of sp³-hybridized carbons (Fsp3) is 0.467. The number of amides is 1. The number of halogens is 1. The van der Waals surface area contributed by atoms with Gasteiger partial charge in [0.2, 0.25) is 0 Å². The molecule has 5 heteroatoms. The van der Waals surface area contributed by atoms with Crippen LogP contribution < -0.4 is 5.32 Å². The predicted octanol–water partition coefficient (Wildman–Crippen LogP) is 3.99. The number of alkyl carbamates (subject to hydrolysis) is 1. The molecule has 108 valence electrons. The molecule has 4 nitrogen and oxygen atoms in total. The van der Waals surface area contributed by atoms with Crippen LogP contribution in [0.15, 0.2) is 22.7 Å². The van der Waals surface area contributed by atoms with Crippen molar-refractivity contribution >= 4 is 27.8 Å². The molecule has 1 aliphatic carbocycles. The zero-order valence-corrected chi connectivity index (χ0v) is 13.4. The monoisotopic (exact) mass is 339 g/mol. The number of hydrogen-bond acceptors (Lipinski definition) is 3. The molecule has 0 heterocycles. The van der Waals surface area contributed by atoms with Crippen molar-refractivity contribution in [2.75, 3.05) is 0 Å². The lowest BCUT2D eigenvalue weighted by molar-refractivity contribution is 0.0495. The highest BCUT2D eigenvalue weighted by Crippen LogP contribution is 2.32. The van der Waals surface area contributed by atoms with Crippen molar-refractivity contribution in [2.45, 2.75) is 45.3 Å². The van der Waals surface area contributed by atoms with Gasteiger partial charge in [0.15, 0.2) is 5.78 Å². The van der Waals surface area contributed by atoms with Crippen LogP contribution in [-0.4, -0.2) is 17.5 Å². The number of nitrogens with one attached hydrogen (secondary N) is 1. The first-order chi connectivity index (χ1) is 9.26. The summed E-state index contributed by atoms with van der Waals surface area (Å²) < 4.78 is 6.16. The summed E-state index contributed by atoms with van der Waals surface area (Å²) in [6.45, 7) is 5.46. The Hall–Kier alpha value is -1.36. The third-order valence-electron chi connectivity index (χ3n) is 3.04. The minimum absolute atomic E-state index is 0.120. The number of fused-ring (bicyclic) bond motifs is 1. The third kappa shape index (κ3) is 3.60. The molecule has 0 saturated heterocycles. The van der Waals surface area contributed by atoms with Gasteiger partial charge in [-0.1, -0.05) is 15.9 Å². The van der Waals surface area contributed by atoms with E-state index >= 15 is 0 Å². The lowest BCUT2D eigenvalue weighted by atomic mass is 9.87. The van der Waals surface area contributed by atoms with E-state index in [1.165, 1.54) is 0 Å². The fourth-order valence-electron chi connectivity index (χ4n) is 2.24. The maximum absolute atomic E-state index is 11.9. The molecule has 1 amide bonds. The van der Waals surface area contributed by atoms with Gasteiger partial charge in [-0.2, -0.15) is 0 Å². The maximum Gasteiger partial charge on any atom is 0.408 e. The van der Waals surface area contributed by atoms with E-state index < -0.39 is 11.7 Å². The van der Waals surface area contributed by atoms with Crippen LogP contribution in [0.1, 0.15) is 55.6 Å². The fourth-order valence-corrected chi connectivity index (χ4v) is 2.62. The molecule has 1 N–H and O–H groups in total. The summed E-state index contributed by atoms with van der Waals surface area (Å²) >= 11 is 3.40. The van der Waals surface area contributed by atoms with Crippen LogP contribution in [-0.2, 0) is 4.74 Å². The van der Waals surface area contributed by atoms with Crippen molar-refractivity contribution < 1.29 is 14.3 Å². The number of rotatable bonds is 1. The second kappa shape index (κ2) is 5.56. The zero-order chi connectivity index (χ0) is 14.9. The smallest absolute Gasteiger partial charge is 0.408 e. The lowest BCUT2D eigenvalue weighted by Gasteiger charge is -2.27. The highest BCUT2D eigenvalue weighted by atomic mass is 79.9. The van der Waals surface area contributed by atoms with Crippen LogP contribution in [0.3, 0.4) is 0 Å². The van der Waals surface area contributed by atoms with E-state index in [4.69, 9.17) is 4.74 Å². The van der Waals surface area contributed by atoms with Crippen LogP contribution in [0.5, 0.6) is 0 Å². The summed E-state index contributed by atoms with van der Waals surface area (Å²) in [6.07, 6.45) is 0.583. The highest BCUT2D eigenvalue weighted by molar-refractivity contribution is 9.10. The SMILES string of the molecule is CC(C)(C)OC(=O)NC1CCC(=O)c2ccc(Br)cc21. The van der Waals surface area contributed by atoms with E-state index in [1.54, 1.807) is 6.07 Å². The Morgan fingerprint density at radius 1 is 1.40 bits per heavy atom. The maximum atomic E-state index is 11.9. The van der Waals surface area contributed by atoms with Crippen LogP contribution in [0.4, 0.5) is 4.79 Å². The quantitative estimate of drug-likeness (QED) is 0.841. The standard InChI is InChI=1S/C15H18BrNO3/c1-15(2,3)20-14(19)17-12-6-7-13(18)10-5-4-9(16)8-11(10)12/h4-5,8,12H,6-7H2,1-3H3,(H,17,19). The average Bonchev–Trinajstić information content (AvgIpc) is 2.30. The molecule has 0 aromatic heterocycles. The largest absolute Gasteiger partial charge is 0.444 e. The number of benzene rings is 1. The molecule has 1 atom stereocenters. The van der Waals surface area contributed by atoms with Crippen LogP contribution in [0.2, 0.25) is 0 Å². The molecule has 0 aliphatic heterocycles. The summed E-state index contributed by atoms with van der Waals surface area (Å²) in [4.78, 5) is 23.8. The van der Waals surface area contributed by atoms with Gasteiger partial charge in [0, 0.05) is 16.5 Å². The van der Waals surface area contributed by atoms with E-state index in [-0.39, 0.29) is 11.8 Å². The molecule has 2 rings (SSSR count). The molecule has 1 aromatic carbocycles. The van der Waals surface area contributed by atoms with Crippen molar-refractivity contribution in [2.24, 2.45) is 0 Å². The van der Waals surface area contributed by atoms with Crippen LogP contribution >= 0.6 is 15.9 Å². The van der Waals surface area contributed by atoms with Gasteiger partial charge in [-0.25, -0.2) is 4.79 Å². The molecule has 0 fully saturated rings. The Labute approximate surface area is 127 Å². The van der Waals surface area contributed by atoms with Gasteiger partial charge in [-0.3, -0.25) is 4.79 Å². The minimum Gasteiger partial charge on any atom is -0.444 e. The van der Waals surface area contributed by atoms with Crippen molar-refractivity contribution in [1.82, 2.24) is 5.32 Å². The summed E-state index contributed by atoms with van der Waals surface area (Å²) in [5.41, 5.74) is 0.997. The number of ether oxygens (including phenoxy) is 1. The molecular formula is C15H18BrNO3. The Balaban J connectivity index is 2.19. The molecule has 20 heavy (non-hydrogen) atoms. The first-order valence-corrected chi connectivity index (χ1v) is 7.38. The topological polar surface area (TPSA) is 55.4 Å². The van der Waals surface area contributed by atoms with Gasteiger partial charge in [0.1, 0.15) is 5.60 Å². The molecule has 0 spiro atoms. The van der Waals surface area contributed by atoms with Crippen molar-refractivity contribution in [3.05, 3.63) is 33.8 Å². The first-order valence-electron chi connectivity index (χ1n) is 6.58. The van der Waals surface area contributed by atoms with Gasteiger partial charge in [-0.05, 0) is 51.0 Å². The van der Waals surface area contributed by atoms with Gasteiger partial charge >= 0.3 is 6.09 Å². The van der Waals surface area contributed by atoms with Gasteiger partial charge in [0.05, 0.1) is 6.04 Å². The number of Topliss-reactive ketones (excluding diaryl/α,β-unsaturated/α-hetero) is 1. The van der Waals surface area contributed by atoms with E-state index in [2.05, 4.69) is 21.2 Å². The number of carbonyl (C=O) groups excluding carboxylic acids is 2. The summed E-state index contributed by atoms with van der Waals surface area (Å²) in [5, 5.41) is 2.85. The van der Waals surface area contributed by atoms with Crippen molar-refractivity contribution in [3.8, 4) is 0 Å². The van der Waals surface area contributed by atoms with Gasteiger partial charge in [0.25, 0.3) is 0 Å². The van der Waals surface area contributed by atoms with E-state index in [9.17, 15) is 9.59 Å². The lowest BCUT2D eigenvalue weighted by Crippen LogP contribution is -2.36. The molecule has 0 bridgehead atoms. The van der Waals surface area contributed by atoms with Crippen LogP contribution in [0, 0.1) is 0 Å². The van der Waals surface area contributed by atoms with Crippen molar-refractivity contribution in [3.63, 3.8) is 0 Å². The number of hydrogen-bond donors (Lipinski definition) is 1. The Kier molecular flexibility index (Phi) is 4.18. The van der Waals surface area contributed by atoms with Crippen molar-refractivity contribution in [1.29, 1.82) is 0 Å². The summed E-state index contributed by atoms with van der Waals surface area (Å²) in [6, 6.07) is 5.33. The minimum atomic E-state index is -0.533. The highest BCUT2D eigenvalue weighted by Gasteiger charge is 2.28. The zero-order valence-electron chi connectivity index (χ0n) is 11.8. The first kappa shape index (κ1) is 15.0. The van der Waals surface area contributed by atoms with E-state index in [0.717, 1.165) is 10.0 Å². The Bertz CT molecular complexity index is 549. The molecule has 1 unspecified atom stereocenters. The average molecular weight is 340 g/mol. The normalized spacial score (nSPS) is 18.4. The number of ketones is 1. The molecule has 0 radical (unpaired) electrons. The van der Waals surface area contributed by atoms with Gasteiger partial charge in [-0.15, -0.1) is 0 Å². The Morgan fingerprint density at radius 2 is 2.10 bits per heavy atom. The second-order valence-corrected chi connectivity index (χ2v) is 6.81. The summed E-state index contributed by atoms with van der Waals surface area (Å²) in [7, 11) is 0. The van der Waals surface area contributed by atoms with Gasteiger partial charge < -0.3 is 10.1 Å². The summed E-state index contributed by atoms with van der Waals surface area (Å²) in [5.74, 6) is 0.120. The molecule has 1 aromatic rings. The number of carbonyl (C=O) groups is 2. The molecule has 0 saturated carbocycles. The second-order valence-electron chi connectivity index (χ2n) is 5.89. The molecule has 1 aliphatic rings. The Morgan fingerprint density at radius 3 is 2.75 bits per heavy atom. The van der Waals surface area contributed by atoms with E-state index in [0.29, 0.717) is 18.4 Å². The third-order valence-corrected chi connectivity index (χ3v) is 3.53. The predicted molar refractivity (Wildman–Crippen MR) is 79.8 cm³/mol.